The van der Waals surface area contributed by atoms with Crippen LogP contribution in [0.4, 0.5) is 0 Å². The summed E-state index contributed by atoms with van der Waals surface area (Å²) >= 11 is 0. The molecule has 0 bridgehead atoms. The highest BCUT2D eigenvalue weighted by Gasteiger charge is 2.17. The smallest absolute Gasteiger partial charge is 0.253 e. The fourth-order valence-corrected chi connectivity index (χ4v) is 1.46. The number of primary sulfonamides is 1. The molecule has 1 atom stereocenters. The molecular formula is C9H15N3O3S. The molecule has 0 saturated carbocycles. The number of nitrogens with one attached hydrogen (secondary N) is 2. The third-order valence-corrected chi connectivity index (χ3v) is 3.60. The van der Waals surface area contributed by atoms with Crippen LogP contribution in [-0.4, -0.2) is 31.1 Å². The lowest BCUT2D eigenvalue weighted by Crippen LogP contribution is -2.38. The molecule has 0 fully saturated rings. The van der Waals surface area contributed by atoms with Gasteiger partial charge >= 0.3 is 0 Å². The quantitative estimate of drug-likeness (QED) is 0.680. The number of rotatable bonds is 4. The van der Waals surface area contributed by atoms with Crippen molar-refractivity contribution in [1.29, 1.82) is 0 Å². The zero-order valence-electron chi connectivity index (χ0n) is 9.15. The van der Waals surface area contributed by atoms with Gasteiger partial charge in [-0.1, -0.05) is 0 Å². The molecule has 0 radical (unpaired) electrons. The van der Waals surface area contributed by atoms with E-state index in [1.165, 1.54) is 6.92 Å². The summed E-state index contributed by atoms with van der Waals surface area (Å²) in [6.45, 7) is 3.21. The highest BCUT2D eigenvalue weighted by Crippen LogP contribution is 2.04. The number of H-pyrrole nitrogens is 1. The van der Waals surface area contributed by atoms with Crippen LogP contribution in [0.25, 0.3) is 0 Å². The lowest BCUT2D eigenvalue weighted by atomic mass is 10.2. The molecule has 90 valence electrons. The molecule has 1 unspecified atom stereocenters. The molecule has 0 aliphatic rings. The van der Waals surface area contributed by atoms with Crippen molar-refractivity contribution in [2.24, 2.45) is 5.14 Å². The molecule has 0 saturated heterocycles. The SMILES string of the molecule is Cc1[nH]ccc1C(=O)NCC(C)S(N)(=O)=O. The van der Waals surface area contributed by atoms with Gasteiger partial charge in [-0.15, -0.1) is 0 Å². The number of carbonyl (C=O) groups excluding carboxylic acids is 1. The van der Waals surface area contributed by atoms with Crippen LogP contribution in [0.1, 0.15) is 23.0 Å². The van der Waals surface area contributed by atoms with Crippen molar-refractivity contribution in [1.82, 2.24) is 10.3 Å². The minimum absolute atomic E-state index is 0.00227. The van der Waals surface area contributed by atoms with Crippen LogP contribution in [-0.2, 0) is 10.0 Å². The van der Waals surface area contributed by atoms with Crippen LogP contribution < -0.4 is 10.5 Å². The van der Waals surface area contributed by atoms with E-state index in [9.17, 15) is 13.2 Å². The zero-order valence-corrected chi connectivity index (χ0v) is 9.97. The number of aryl methyl sites for hydroxylation is 1. The Morgan fingerprint density at radius 1 is 1.62 bits per heavy atom. The van der Waals surface area contributed by atoms with Crippen molar-refractivity contribution in [2.75, 3.05) is 6.54 Å². The maximum Gasteiger partial charge on any atom is 0.253 e. The molecule has 6 nitrogen and oxygen atoms in total. The van der Waals surface area contributed by atoms with Crippen LogP contribution >= 0.6 is 0 Å². The minimum atomic E-state index is -3.60. The predicted molar refractivity (Wildman–Crippen MR) is 60.4 cm³/mol. The summed E-state index contributed by atoms with van der Waals surface area (Å²) in [6, 6.07) is 1.63. The van der Waals surface area contributed by atoms with Crippen LogP contribution in [0, 0.1) is 6.92 Å². The van der Waals surface area contributed by atoms with E-state index < -0.39 is 15.3 Å². The summed E-state index contributed by atoms with van der Waals surface area (Å²) in [5.41, 5.74) is 1.24. The van der Waals surface area contributed by atoms with Gasteiger partial charge in [0.25, 0.3) is 5.91 Å². The maximum atomic E-state index is 11.6. The Morgan fingerprint density at radius 2 is 2.25 bits per heavy atom. The predicted octanol–water partition coefficient (Wildman–Crippen LogP) is -0.270. The first kappa shape index (κ1) is 12.7. The van der Waals surface area contributed by atoms with Gasteiger partial charge in [0.15, 0.2) is 0 Å². The Balaban J connectivity index is 2.58. The summed E-state index contributed by atoms with van der Waals surface area (Å²) in [5, 5.41) is 6.65. The molecule has 1 heterocycles. The van der Waals surface area contributed by atoms with Crippen LogP contribution in [0.15, 0.2) is 12.3 Å². The summed E-state index contributed by atoms with van der Waals surface area (Å²) in [5.74, 6) is -0.311. The lowest BCUT2D eigenvalue weighted by molar-refractivity contribution is 0.0953. The normalized spacial score (nSPS) is 13.4. The number of hydrogen-bond acceptors (Lipinski definition) is 3. The fraction of sp³-hybridized carbons (Fsp3) is 0.444. The van der Waals surface area contributed by atoms with Gasteiger partial charge < -0.3 is 10.3 Å². The monoisotopic (exact) mass is 245 g/mol. The Morgan fingerprint density at radius 3 is 2.69 bits per heavy atom. The summed E-state index contributed by atoms with van der Waals surface area (Å²) < 4.78 is 21.8. The first-order valence-electron chi connectivity index (χ1n) is 4.76. The Kier molecular flexibility index (Phi) is 3.71. The van der Waals surface area contributed by atoms with E-state index in [1.807, 2.05) is 0 Å². The number of aromatic amines is 1. The number of sulfonamides is 1. The second-order valence-corrected chi connectivity index (χ2v) is 5.61. The van der Waals surface area contributed by atoms with Crippen molar-refractivity contribution in [3.8, 4) is 0 Å². The molecule has 1 aromatic heterocycles. The molecule has 1 rings (SSSR count). The van der Waals surface area contributed by atoms with Gasteiger partial charge in [-0.25, -0.2) is 13.6 Å². The van der Waals surface area contributed by atoms with Crippen LogP contribution in [0.3, 0.4) is 0 Å². The molecular weight excluding hydrogens is 230 g/mol. The second kappa shape index (κ2) is 4.67. The zero-order chi connectivity index (χ0) is 12.3. The molecule has 7 heteroatoms. The highest BCUT2D eigenvalue weighted by atomic mass is 32.2. The van der Waals surface area contributed by atoms with Crippen molar-refractivity contribution >= 4 is 15.9 Å². The number of aromatic nitrogens is 1. The molecule has 0 aliphatic carbocycles. The Hall–Kier alpha value is -1.34. The summed E-state index contributed by atoms with van der Waals surface area (Å²) in [4.78, 5) is 14.5. The second-order valence-electron chi connectivity index (χ2n) is 3.63. The average Bonchev–Trinajstić information content (AvgIpc) is 2.58. The van der Waals surface area contributed by atoms with Crippen LogP contribution in [0.2, 0.25) is 0 Å². The first-order valence-corrected chi connectivity index (χ1v) is 6.37. The highest BCUT2D eigenvalue weighted by molar-refractivity contribution is 7.89. The average molecular weight is 245 g/mol. The van der Waals surface area contributed by atoms with Crippen LogP contribution in [0.5, 0.6) is 0 Å². The van der Waals surface area contributed by atoms with E-state index >= 15 is 0 Å². The molecule has 0 aromatic carbocycles. The fourth-order valence-electron chi connectivity index (χ4n) is 1.15. The standard InChI is InChI=1S/C9H15N3O3S/c1-6(16(10,14)15)5-12-9(13)8-3-4-11-7(8)2/h3-4,6,11H,5H2,1-2H3,(H,12,13)(H2,10,14,15). The number of carbonyl (C=O) groups is 1. The molecule has 16 heavy (non-hydrogen) atoms. The van der Waals surface area contributed by atoms with Gasteiger partial charge in [-0.05, 0) is 19.9 Å². The molecule has 0 aliphatic heterocycles. The van der Waals surface area contributed by atoms with Crippen molar-refractivity contribution in [3.63, 3.8) is 0 Å². The van der Waals surface area contributed by atoms with E-state index in [0.29, 0.717) is 5.56 Å². The molecule has 1 aromatic rings. The van der Waals surface area contributed by atoms with E-state index in [4.69, 9.17) is 5.14 Å². The summed E-state index contributed by atoms with van der Waals surface area (Å²) in [6.07, 6.45) is 1.65. The molecule has 4 N–H and O–H groups in total. The van der Waals surface area contributed by atoms with E-state index in [0.717, 1.165) is 5.69 Å². The van der Waals surface area contributed by atoms with E-state index in [2.05, 4.69) is 10.3 Å². The van der Waals surface area contributed by atoms with Gasteiger partial charge in [0, 0.05) is 18.4 Å². The topological polar surface area (TPSA) is 105 Å². The van der Waals surface area contributed by atoms with Crippen molar-refractivity contribution < 1.29 is 13.2 Å². The summed E-state index contributed by atoms with van der Waals surface area (Å²) in [7, 11) is -3.60. The first-order chi connectivity index (χ1) is 7.32. The van der Waals surface area contributed by atoms with Gasteiger partial charge in [-0.3, -0.25) is 4.79 Å². The minimum Gasteiger partial charge on any atom is -0.365 e. The van der Waals surface area contributed by atoms with E-state index in [-0.39, 0.29) is 12.5 Å². The molecule has 0 spiro atoms. The van der Waals surface area contributed by atoms with Gasteiger partial charge in [0.2, 0.25) is 10.0 Å². The largest absolute Gasteiger partial charge is 0.365 e. The third-order valence-electron chi connectivity index (χ3n) is 2.31. The van der Waals surface area contributed by atoms with Gasteiger partial charge in [0.05, 0.1) is 10.8 Å². The third kappa shape index (κ3) is 3.07. The van der Waals surface area contributed by atoms with Gasteiger partial charge in [0.1, 0.15) is 0 Å². The number of amides is 1. The Bertz CT molecular complexity index is 478. The lowest BCUT2D eigenvalue weighted by Gasteiger charge is -2.10. The van der Waals surface area contributed by atoms with Gasteiger partial charge in [-0.2, -0.15) is 0 Å². The maximum absolute atomic E-state index is 11.6. The van der Waals surface area contributed by atoms with E-state index in [1.54, 1.807) is 19.2 Å². The molecule has 1 amide bonds. The van der Waals surface area contributed by atoms with Crippen molar-refractivity contribution in [2.45, 2.75) is 19.1 Å². The number of hydrogen-bond donors (Lipinski definition) is 3. The number of nitrogens with two attached hydrogens (primary N) is 1. The van der Waals surface area contributed by atoms with Crippen molar-refractivity contribution in [3.05, 3.63) is 23.5 Å². The Labute approximate surface area is 94.3 Å².